The van der Waals surface area contributed by atoms with Gasteiger partial charge in [-0.05, 0) is 51.5 Å². The average Bonchev–Trinajstić information content (AvgIpc) is 2.44. The second-order valence-corrected chi connectivity index (χ2v) is 8.30. The third-order valence-electron chi connectivity index (χ3n) is 6.65. The summed E-state index contributed by atoms with van der Waals surface area (Å²) >= 11 is 0. The molecule has 0 bridgehead atoms. The van der Waals surface area contributed by atoms with Crippen molar-refractivity contribution >= 4 is 0 Å². The zero-order valence-electron chi connectivity index (χ0n) is 15.0. The molecule has 0 aromatic carbocycles. The van der Waals surface area contributed by atoms with Crippen LogP contribution in [0, 0.1) is 11.3 Å². The monoisotopic (exact) mass is 296 g/mol. The molecule has 2 aliphatic rings. The van der Waals surface area contributed by atoms with Crippen LogP contribution in [-0.2, 0) is 0 Å². The van der Waals surface area contributed by atoms with Gasteiger partial charge < -0.3 is 5.11 Å². The molecular formula is C18H36N2O. The summed E-state index contributed by atoms with van der Waals surface area (Å²) in [6, 6.07) is 1.54. The predicted molar refractivity (Wildman–Crippen MR) is 89.5 cm³/mol. The molecule has 5 unspecified atom stereocenters. The molecule has 21 heavy (non-hydrogen) atoms. The minimum Gasteiger partial charge on any atom is -0.391 e. The Kier molecular flexibility index (Phi) is 5.38. The number of nitrogens with zero attached hydrogens (tertiary/aromatic N) is 2. The van der Waals surface area contributed by atoms with Crippen molar-refractivity contribution < 1.29 is 5.11 Å². The largest absolute Gasteiger partial charge is 0.391 e. The van der Waals surface area contributed by atoms with E-state index >= 15 is 0 Å². The first-order valence-electron chi connectivity index (χ1n) is 8.90. The summed E-state index contributed by atoms with van der Waals surface area (Å²) in [5.41, 5.74) is 0.405. The maximum absolute atomic E-state index is 10.6. The van der Waals surface area contributed by atoms with Crippen LogP contribution in [0.15, 0.2) is 0 Å². The Morgan fingerprint density at radius 1 is 1.10 bits per heavy atom. The summed E-state index contributed by atoms with van der Waals surface area (Å²) < 4.78 is 0. The van der Waals surface area contributed by atoms with E-state index in [1.54, 1.807) is 0 Å². The summed E-state index contributed by atoms with van der Waals surface area (Å²) in [6.45, 7) is 13.9. The lowest BCUT2D eigenvalue weighted by molar-refractivity contribution is -0.0544. The highest BCUT2D eigenvalue weighted by molar-refractivity contribution is 4.95. The molecule has 124 valence electrons. The van der Waals surface area contributed by atoms with Crippen LogP contribution in [0.3, 0.4) is 0 Å². The van der Waals surface area contributed by atoms with E-state index in [0.717, 1.165) is 25.4 Å². The standard InChI is InChI=1S/C18H36N2O/c1-7-18(4,5)15-8-9-17(21)16(10-15)20-11-13(2)19(6)14(3)12-20/h13-17,21H,7-12H2,1-6H3. The molecule has 0 amide bonds. The first kappa shape index (κ1) is 17.2. The Morgan fingerprint density at radius 2 is 1.67 bits per heavy atom. The lowest BCUT2D eigenvalue weighted by Gasteiger charge is -2.50. The van der Waals surface area contributed by atoms with Crippen molar-refractivity contribution in [2.75, 3.05) is 20.1 Å². The highest BCUT2D eigenvalue weighted by Crippen LogP contribution is 2.42. The van der Waals surface area contributed by atoms with Crippen molar-refractivity contribution in [3.05, 3.63) is 0 Å². The van der Waals surface area contributed by atoms with Gasteiger partial charge in [-0.25, -0.2) is 0 Å². The summed E-state index contributed by atoms with van der Waals surface area (Å²) in [7, 11) is 2.23. The molecule has 5 atom stereocenters. The smallest absolute Gasteiger partial charge is 0.0695 e. The fourth-order valence-electron chi connectivity index (χ4n) is 4.24. The van der Waals surface area contributed by atoms with Gasteiger partial charge in [0.15, 0.2) is 0 Å². The number of hydrogen-bond donors (Lipinski definition) is 1. The maximum atomic E-state index is 10.6. The fourth-order valence-corrected chi connectivity index (χ4v) is 4.24. The van der Waals surface area contributed by atoms with Crippen LogP contribution in [-0.4, -0.2) is 59.3 Å². The number of aliphatic hydroxyl groups excluding tert-OH is 1. The number of likely N-dealkylation sites (N-methyl/N-ethyl adjacent to an activating group) is 1. The molecule has 0 spiro atoms. The number of aliphatic hydroxyl groups is 1. The Morgan fingerprint density at radius 3 is 2.19 bits per heavy atom. The minimum absolute atomic E-state index is 0.128. The molecule has 3 nitrogen and oxygen atoms in total. The van der Waals surface area contributed by atoms with E-state index in [9.17, 15) is 5.11 Å². The highest BCUT2D eigenvalue weighted by atomic mass is 16.3. The van der Waals surface area contributed by atoms with Gasteiger partial charge in [-0.1, -0.05) is 27.2 Å². The van der Waals surface area contributed by atoms with Gasteiger partial charge in [0.2, 0.25) is 0 Å². The van der Waals surface area contributed by atoms with Gasteiger partial charge in [-0.15, -0.1) is 0 Å². The quantitative estimate of drug-likeness (QED) is 0.867. The number of piperazine rings is 1. The van der Waals surface area contributed by atoms with Crippen LogP contribution < -0.4 is 0 Å². The molecule has 1 N–H and O–H groups in total. The van der Waals surface area contributed by atoms with Crippen molar-refractivity contribution in [1.29, 1.82) is 0 Å². The van der Waals surface area contributed by atoms with Crippen LogP contribution in [0.5, 0.6) is 0 Å². The zero-order valence-corrected chi connectivity index (χ0v) is 15.0. The molecule has 1 saturated carbocycles. The predicted octanol–water partition coefficient (Wildman–Crippen LogP) is 2.98. The van der Waals surface area contributed by atoms with Gasteiger partial charge in [-0.2, -0.15) is 0 Å². The summed E-state index contributed by atoms with van der Waals surface area (Å²) in [5.74, 6) is 0.751. The first-order chi connectivity index (χ1) is 9.76. The summed E-state index contributed by atoms with van der Waals surface area (Å²) in [6.07, 6.45) is 4.45. The Labute approximate surface area is 131 Å². The Bertz CT molecular complexity index is 332. The normalized spacial score (nSPS) is 40.4. The Hall–Kier alpha value is -0.120. The number of rotatable bonds is 3. The van der Waals surface area contributed by atoms with Gasteiger partial charge in [0.1, 0.15) is 0 Å². The van der Waals surface area contributed by atoms with Gasteiger partial charge in [-0.3, -0.25) is 9.80 Å². The van der Waals surface area contributed by atoms with Crippen molar-refractivity contribution in [2.24, 2.45) is 11.3 Å². The second kappa shape index (κ2) is 6.55. The van der Waals surface area contributed by atoms with Crippen molar-refractivity contribution in [2.45, 2.75) is 84.5 Å². The third-order valence-corrected chi connectivity index (χ3v) is 6.65. The SMILES string of the molecule is CCC(C)(C)C1CCC(O)C(N2CC(C)N(C)C(C)C2)C1. The summed E-state index contributed by atoms with van der Waals surface area (Å²) in [4.78, 5) is 5.05. The first-order valence-corrected chi connectivity index (χ1v) is 8.90. The van der Waals surface area contributed by atoms with E-state index < -0.39 is 0 Å². The molecule has 3 heteroatoms. The van der Waals surface area contributed by atoms with Crippen LogP contribution in [0.2, 0.25) is 0 Å². The average molecular weight is 296 g/mol. The molecule has 1 heterocycles. The molecule has 1 aliphatic heterocycles. The summed E-state index contributed by atoms with van der Waals surface area (Å²) in [5, 5.41) is 10.6. The van der Waals surface area contributed by atoms with Crippen LogP contribution in [0.25, 0.3) is 0 Å². The van der Waals surface area contributed by atoms with E-state index in [2.05, 4.69) is 51.5 Å². The van der Waals surface area contributed by atoms with Gasteiger partial charge in [0.25, 0.3) is 0 Å². The van der Waals surface area contributed by atoms with Crippen molar-refractivity contribution in [3.63, 3.8) is 0 Å². The molecule has 2 fully saturated rings. The third kappa shape index (κ3) is 3.62. The molecule has 0 aromatic heterocycles. The van der Waals surface area contributed by atoms with Gasteiger partial charge in [0.05, 0.1) is 6.10 Å². The van der Waals surface area contributed by atoms with Crippen molar-refractivity contribution in [1.82, 2.24) is 9.80 Å². The topological polar surface area (TPSA) is 26.7 Å². The molecule has 2 rings (SSSR count). The van der Waals surface area contributed by atoms with Crippen LogP contribution in [0.1, 0.15) is 60.3 Å². The highest BCUT2D eigenvalue weighted by Gasteiger charge is 2.41. The van der Waals surface area contributed by atoms with E-state index in [4.69, 9.17) is 0 Å². The van der Waals surface area contributed by atoms with Gasteiger partial charge in [0, 0.05) is 31.2 Å². The lowest BCUT2D eigenvalue weighted by Crippen LogP contribution is -2.61. The van der Waals surface area contributed by atoms with E-state index in [1.807, 2.05) is 0 Å². The molecule has 1 aliphatic carbocycles. The zero-order chi connectivity index (χ0) is 15.8. The second-order valence-electron chi connectivity index (χ2n) is 8.30. The number of hydrogen-bond acceptors (Lipinski definition) is 3. The molecule has 0 aromatic rings. The van der Waals surface area contributed by atoms with Gasteiger partial charge >= 0.3 is 0 Å². The lowest BCUT2D eigenvalue weighted by atomic mass is 9.67. The maximum Gasteiger partial charge on any atom is 0.0695 e. The van der Waals surface area contributed by atoms with E-state index in [-0.39, 0.29) is 6.10 Å². The molecule has 1 saturated heterocycles. The van der Waals surface area contributed by atoms with Crippen LogP contribution >= 0.6 is 0 Å². The Balaban J connectivity index is 2.07. The van der Waals surface area contributed by atoms with E-state index in [0.29, 0.717) is 23.5 Å². The van der Waals surface area contributed by atoms with Crippen LogP contribution in [0.4, 0.5) is 0 Å². The van der Waals surface area contributed by atoms with E-state index in [1.165, 1.54) is 19.3 Å². The molecule has 0 radical (unpaired) electrons. The van der Waals surface area contributed by atoms with Crippen molar-refractivity contribution in [3.8, 4) is 0 Å². The molecular weight excluding hydrogens is 260 g/mol. The fraction of sp³-hybridized carbons (Fsp3) is 1.00. The minimum atomic E-state index is -0.128.